The Morgan fingerprint density at radius 2 is 1.91 bits per heavy atom. The van der Waals surface area contributed by atoms with Gasteiger partial charge in [-0.15, -0.1) is 0 Å². The van der Waals surface area contributed by atoms with Crippen molar-refractivity contribution >= 4 is 0 Å². The van der Waals surface area contributed by atoms with E-state index in [4.69, 9.17) is 17.4 Å². The van der Waals surface area contributed by atoms with Crippen LogP contribution in [0, 0.1) is 0 Å². The molecule has 5 heteroatoms. The van der Waals surface area contributed by atoms with E-state index >= 15 is 0 Å². The molecule has 0 heterocycles. The minimum atomic E-state index is -0.626. The molecule has 0 aromatic rings. The molecule has 3 unspecified atom stereocenters. The Morgan fingerprint density at radius 3 is 2.36 bits per heavy atom. The normalized spacial score (nSPS) is 45.8. The second-order valence-electron chi connectivity index (χ2n) is 3.06. The standard InChI is InChI=1S/C6H15N3O2/c7-3-1-4(8)6(11-9)5(10)2-3/h3-6,10H,1-2,7-9H2/t3?,4?,5?,6-/m1/s1. The fraction of sp³-hybridized carbons (Fsp3) is 1.00. The van der Waals surface area contributed by atoms with E-state index in [0.29, 0.717) is 12.8 Å². The van der Waals surface area contributed by atoms with Crippen molar-refractivity contribution in [3.63, 3.8) is 0 Å². The van der Waals surface area contributed by atoms with E-state index < -0.39 is 12.2 Å². The number of nitrogens with two attached hydrogens (primary N) is 3. The third kappa shape index (κ3) is 1.88. The maximum Gasteiger partial charge on any atom is 0.120 e. The van der Waals surface area contributed by atoms with Crippen LogP contribution in [0.2, 0.25) is 0 Å². The fourth-order valence-corrected chi connectivity index (χ4v) is 1.50. The molecule has 1 aliphatic rings. The summed E-state index contributed by atoms with van der Waals surface area (Å²) in [6.45, 7) is 0. The van der Waals surface area contributed by atoms with E-state index in [1.165, 1.54) is 0 Å². The van der Waals surface area contributed by atoms with Crippen molar-refractivity contribution in [3.8, 4) is 0 Å². The first kappa shape index (κ1) is 8.89. The SMILES string of the molecule is NO[C@@H]1C(N)CC(N)CC1O. The Morgan fingerprint density at radius 1 is 1.27 bits per heavy atom. The number of rotatable bonds is 1. The Labute approximate surface area is 65.4 Å². The molecule has 0 radical (unpaired) electrons. The Balaban J connectivity index is 2.52. The van der Waals surface area contributed by atoms with E-state index in [9.17, 15) is 5.11 Å². The Bertz CT molecular complexity index is 121. The minimum Gasteiger partial charge on any atom is -0.390 e. The molecule has 0 aromatic carbocycles. The summed E-state index contributed by atoms with van der Waals surface area (Å²) in [5.74, 6) is 4.95. The largest absolute Gasteiger partial charge is 0.390 e. The molecule has 0 bridgehead atoms. The van der Waals surface area contributed by atoms with Gasteiger partial charge in [-0.25, -0.2) is 5.90 Å². The van der Waals surface area contributed by atoms with E-state index in [1.54, 1.807) is 0 Å². The van der Waals surface area contributed by atoms with Crippen LogP contribution < -0.4 is 17.4 Å². The number of hydrogen-bond donors (Lipinski definition) is 4. The molecule has 66 valence electrons. The van der Waals surface area contributed by atoms with Crippen molar-refractivity contribution in [2.24, 2.45) is 17.4 Å². The second-order valence-corrected chi connectivity index (χ2v) is 3.06. The first-order chi connectivity index (χ1) is 5.15. The summed E-state index contributed by atoms with van der Waals surface area (Å²) >= 11 is 0. The molecule has 0 aromatic heterocycles. The van der Waals surface area contributed by atoms with Crippen LogP contribution in [0.5, 0.6) is 0 Å². The van der Waals surface area contributed by atoms with Gasteiger partial charge in [0.25, 0.3) is 0 Å². The van der Waals surface area contributed by atoms with Gasteiger partial charge >= 0.3 is 0 Å². The van der Waals surface area contributed by atoms with Crippen molar-refractivity contribution in [3.05, 3.63) is 0 Å². The summed E-state index contributed by atoms with van der Waals surface area (Å²) in [5.41, 5.74) is 11.2. The van der Waals surface area contributed by atoms with E-state index in [1.807, 2.05) is 0 Å². The fourth-order valence-electron chi connectivity index (χ4n) is 1.50. The molecular formula is C6H15N3O2. The van der Waals surface area contributed by atoms with Crippen molar-refractivity contribution < 1.29 is 9.94 Å². The lowest BCUT2D eigenvalue weighted by Crippen LogP contribution is -2.54. The van der Waals surface area contributed by atoms with Gasteiger partial charge in [-0.05, 0) is 12.8 Å². The predicted molar refractivity (Wildman–Crippen MR) is 40.3 cm³/mol. The molecule has 0 saturated heterocycles. The second kappa shape index (κ2) is 3.46. The van der Waals surface area contributed by atoms with Crippen LogP contribution in [0.4, 0.5) is 0 Å². The summed E-state index contributed by atoms with van der Waals surface area (Å²) in [7, 11) is 0. The highest BCUT2D eigenvalue weighted by molar-refractivity contribution is 4.90. The maximum atomic E-state index is 9.34. The van der Waals surface area contributed by atoms with Gasteiger partial charge in [0.1, 0.15) is 6.10 Å². The number of hydrogen-bond acceptors (Lipinski definition) is 5. The average molecular weight is 161 g/mol. The Hall–Kier alpha value is -0.200. The molecule has 1 saturated carbocycles. The highest BCUT2D eigenvalue weighted by Gasteiger charge is 2.33. The van der Waals surface area contributed by atoms with Crippen molar-refractivity contribution in [1.29, 1.82) is 0 Å². The third-order valence-corrected chi connectivity index (χ3v) is 2.08. The third-order valence-electron chi connectivity index (χ3n) is 2.08. The lowest BCUT2D eigenvalue weighted by atomic mass is 9.87. The first-order valence-corrected chi connectivity index (χ1v) is 3.70. The van der Waals surface area contributed by atoms with Crippen LogP contribution in [0.15, 0.2) is 0 Å². The maximum absolute atomic E-state index is 9.34. The van der Waals surface area contributed by atoms with Crippen molar-refractivity contribution in [2.45, 2.75) is 37.1 Å². The molecular weight excluding hydrogens is 146 g/mol. The van der Waals surface area contributed by atoms with E-state index in [-0.39, 0.29) is 12.1 Å². The van der Waals surface area contributed by atoms with Gasteiger partial charge in [0, 0.05) is 12.1 Å². The zero-order chi connectivity index (χ0) is 8.43. The lowest BCUT2D eigenvalue weighted by Gasteiger charge is -2.34. The molecule has 4 atom stereocenters. The molecule has 11 heavy (non-hydrogen) atoms. The monoisotopic (exact) mass is 161 g/mol. The van der Waals surface area contributed by atoms with Crippen LogP contribution >= 0.6 is 0 Å². The topological polar surface area (TPSA) is 108 Å². The van der Waals surface area contributed by atoms with E-state index in [0.717, 1.165) is 0 Å². The molecule has 5 nitrogen and oxygen atoms in total. The summed E-state index contributed by atoms with van der Waals surface area (Å²) in [4.78, 5) is 4.53. The first-order valence-electron chi connectivity index (χ1n) is 3.70. The zero-order valence-electron chi connectivity index (χ0n) is 6.31. The van der Waals surface area contributed by atoms with Gasteiger partial charge in [-0.1, -0.05) is 0 Å². The number of aliphatic hydroxyl groups excluding tert-OH is 1. The van der Waals surface area contributed by atoms with Crippen LogP contribution in [0.1, 0.15) is 12.8 Å². The van der Waals surface area contributed by atoms with Crippen molar-refractivity contribution in [2.75, 3.05) is 0 Å². The van der Waals surface area contributed by atoms with Crippen LogP contribution in [-0.4, -0.2) is 29.4 Å². The van der Waals surface area contributed by atoms with Crippen LogP contribution in [0.25, 0.3) is 0 Å². The molecule has 1 aliphatic carbocycles. The van der Waals surface area contributed by atoms with Crippen LogP contribution in [0.3, 0.4) is 0 Å². The van der Waals surface area contributed by atoms with Gasteiger partial charge in [-0.2, -0.15) is 0 Å². The van der Waals surface area contributed by atoms with E-state index in [2.05, 4.69) is 4.84 Å². The van der Waals surface area contributed by atoms with Crippen molar-refractivity contribution in [1.82, 2.24) is 0 Å². The smallest absolute Gasteiger partial charge is 0.120 e. The summed E-state index contributed by atoms with van der Waals surface area (Å²) in [6.07, 6.45) is 0.0719. The Kier molecular flexibility index (Phi) is 2.80. The number of aliphatic hydroxyl groups is 1. The van der Waals surface area contributed by atoms with Crippen LogP contribution in [-0.2, 0) is 4.84 Å². The molecule has 7 N–H and O–H groups in total. The molecule has 0 aliphatic heterocycles. The molecule has 1 rings (SSSR count). The molecule has 0 spiro atoms. The lowest BCUT2D eigenvalue weighted by molar-refractivity contribution is -0.0740. The average Bonchev–Trinajstić information content (AvgIpc) is 1.85. The van der Waals surface area contributed by atoms with Gasteiger partial charge in [0.05, 0.1) is 6.10 Å². The quantitative estimate of drug-likeness (QED) is 0.334. The highest BCUT2D eigenvalue weighted by Crippen LogP contribution is 2.18. The highest BCUT2D eigenvalue weighted by atomic mass is 16.6. The zero-order valence-corrected chi connectivity index (χ0v) is 6.31. The summed E-state index contributed by atoms with van der Waals surface area (Å²) in [6, 6.07) is -0.287. The summed E-state index contributed by atoms with van der Waals surface area (Å²) in [5, 5.41) is 9.34. The van der Waals surface area contributed by atoms with Gasteiger partial charge < -0.3 is 16.6 Å². The minimum absolute atomic E-state index is 0.0357. The van der Waals surface area contributed by atoms with Gasteiger partial charge in [0.15, 0.2) is 0 Å². The molecule has 1 fully saturated rings. The molecule has 0 amide bonds. The van der Waals surface area contributed by atoms with Gasteiger partial charge in [0.2, 0.25) is 0 Å². The summed E-state index contributed by atoms with van der Waals surface area (Å²) < 4.78 is 0. The van der Waals surface area contributed by atoms with Gasteiger partial charge in [-0.3, -0.25) is 4.84 Å². The predicted octanol–water partition coefficient (Wildman–Crippen LogP) is -1.95.